The molecule has 7 heteroatoms. The maximum Gasteiger partial charge on any atom is 0.216 e. The summed E-state index contributed by atoms with van der Waals surface area (Å²) in [5.41, 5.74) is 6.44. The van der Waals surface area contributed by atoms with Gasteiger partial charge < -0.3 is 10.5 Å². The van der Waals surface area contributed by atoms with E-state index in [1.807, 2.05) is 30.3 Å². The number of benzene rings is 1. The lowest BCUT2D eigenvalue weighted by Gasteiger charge is -2.22. The summed E-state index contributed by atoms with van der Waals surface area (Å²) in [6.07, 6.45) is 0.652. The fraction of sp³-hybridized carbons (Fsp3) is 0.538. The molecular formula is C13H23ClN2O3S. The Balaban J connectivity index is 0.00000361. The monoisotopic (exact) mass is 322 g/mol. The molecule has 0 amide bonds. The van der Waals surface area contributed by atoms with Gasteiger partial charge in [-0.25, -0.2) is 8.42 Å². The third-order valence-electron chi connectivity index (χ3n) is 2.75. The molecule has 1 aromatic carbocycles. The van der Waals surface area contributed by atoms with Gasteiger partial charge in [-0.2, -0.15) is 4.31 Å². The summed E-state index contributed by atoms with van der Waals surface area (Å²) in [4.78, 5) is 0. The van der Waals surface area contributed by atoms with Gasteiger partial charge in [0.25, 0.3) is 0 Å². The lowest BCUT2D eigenvalue weighted by Crippen LogP contribution is -2.35. The molecule has 0 unspecified atom stereocenters. The minimum absolute atomic E-state index is 0. The minimum Gasteiger partial charge on any atom is -0.384 e. The van der Waals surface area contributed by atoms with Gasteiger partial charge in [0.1, 0.15) is 0 Å². The van der Waals surface area contributed by atoms with E-state index in [0.29, 0.717) is 26.1 Å². The summed E-state index contributed by atoms with van der Waals surface area (Å²) >= 11 is 0. The number of rotatable bonds is 9. The van der Waals surface area contributed by atoms with Crippen molar-refractivity contribution < 1.29 is 13.2 Å². The van der Waals surface area contributed by atoms with Crippen molar-refractivity contribution in [2.75, 3.05) is 32.6 Å². The molecule has 5 nitrogen and oxygen atoms in total. The van der Waals surface area contributed by atoms with E-state index in [-0.39, 0.29) is 24.8 Å². The summed E-state index contributed by atoms with van der Waals surface area (Å²) in [6.45, 7) is 1.51. The Morgan fingerprint density at radius 1 is 1.25 bits per heavy atom. The van der Waals surface area contributed by atoms with Crippen LogP contribution in [-0.4, -0.2) is 45.3 Å². The average molecular weight is 323 g/mol. The summed E-state index contributed by atoms with van der Waals surface area (Å²) in [5, 5.41) is 0. The fourth-order valence-corrected chi connectivity index (χ4v) is 3.08. The molecule has 0 aromatic heterocycles. The first kappa shape index (κ1) is 19.3. The van der Waals surface area contributed by atoms with Crippen molar-refractivity contribution in [3.8, 4) is 0 Å². The molecule has 0 atom stereocenters. The molecule has 0 aliphatic heterocycles. The number of sulfonamides is 1. The van der Waals surface area contributed by atoms with Crippen molar-refractivity contribution in [1.82, 2.24) is 4.31 Å². The molecule has 20 heavy (non-hydrogen) atoms. The summed E-state index contributed by atoms with van der Waals surface area (Å²) in [6, 6.07) is 9.55. The zero-order chi connectivity index (χ0) is 14.1. The van der Waals surface area contributed by atoms with Gasteiger partial charge in [-0.1, -0.05) is 30.3 Å². The second-order valence-corrected chi connectivity index (χ2v) is 6.36. The first-order valence-corrected chi connectivity index (χ1v) is 7.92. The highest BCUT2D eigenvalue weighted by Gasteiger charge is 2.21. The van der Waals surface area contributed by atoms with E-state index in [2.05, 4.69) is 0 Å². The first-order valence-electron chi connectivity index (χ1n) is 6.31. The Labute approximate surface area is 127 Å². The summed E-state index contributed by atoms with van der Waals surface area (Å²) in [7, 11) is -1.81. The van der Waals surface area contributed by atoms with E-state index < -0.39 is 10.0 Å². The van der Waals surface area contributed by atoms with Gasteiger partial charge in [0.15, 0.2) is 0 Å². The number of nitrogens with two attached hydrogens (primary N) is 1. The highest BCUT2D eigenvalue weighted by Crippen LogP contribution is 2.10. The molecule has 2 N–H and O–H groups in total. The first-order chi connectivity index (χ1) is 9.10. The van der Waals surface area contributed by atoms with E-state index in [0.717, 1.165) is 5.56 Å². The van der Waals surface area contributed by atoms with Crippen LogP contribution in [0.15, 0.2) is 30.3 Å². The van der Waals surface area contributed by atoms with Crippen molar-refractivity contribution in [3.63, 3.8) is 0 Å². The Bertz CT molecular complexity index is 454. The number of ether oxygens (including phenoxy) is 1. The number of hydrogen-bond donors (Lipinski definition) is 1. The highest BCUT2D eigenvalue weighted by atomic mass is 35.5. The lowest BCUT2D eigenvalue weighted by atomic mass is 10.2. The van der Waals surface area contributed by atoms with Gasteiger partial charge >= 0.3 is 0 Å². The maximum atomic E-state index is 12.2. The Morgan fingerprint density at radius 3 is 2.45 bits per heavy atom. The van der Waals surface area contributed by atoms with Crippen LogP contribution in [0, 0.1) is 0 Å². The van der Waals surface area contributed by atoms with Crippen molar-refractivity contribution in [2.24, 2.45) is 5.73 Å². The molecule has 1 aromatic rings. The Morgan fingerprint density at radius 2 is 1.90 bits per heavy atom. The van der Waals surface area contributed by atoms with Gasteiger partial charge in [0.05, 0.1) is 12.4 Å². The molecule has 0 bridgehead atoms. The molecule has 0 radical (unpaired) electrons. The second kappa shape index (κ2) is 10.1. The third kappa shape index (κ3) is 6.67. The van der Waals surface area contributed by atoms with Crippen LogP contribution in [0.3, 0.4) is 0 Å². The molecule has 0 fully saturated rings. The van der Waals surface area contributed by atoms with Crippen molar-refractivity contribution in [3.05, 3.63) is 35.9 Å². The van der Waals surface area contributed by atoms with E-state index >= 15 is 0 Å². The highest BCUT2D eigenvalue weighted by molar-refractivity contribution is 7.89. The van der Waals surface area contributed by atoms with Crippen LogP contribution in [0.1, 0.15) is 12.0 Å². The standard InChI is InChI=1S/C13H22N2O3S.ClH/c1-18-10-11-19(16,17)15(9-5-8-14)12-13-6-3-2-4-7-13;/h2-4,6-7H,5,8-12,14H2,1H3;1H. The van der Waals surface area contributed by atoms with Gasteiger partial charge in [0, 0.05) is 20.2 Å². The molecule has 0 spiro atoms. The van der Waals surface area contributed by atoms with Gasteiger partial charge in [-0.15, -0.1) is 12.4 Å². The lowest BCUT2D eigenvalue weighted by molar-refractivity contribution is 0.215. The molecule has 0 aliphatic carbocycles. The minimum atomic E-state index is -3.30. The molecule has 0 saturated carbocycles. The van der Waals surface area contributed by atoms with Crippen molar-refractivity contribution in [1.29, 1.82) is 0 Å². The van der Waals surface area contributed by atoms with Crippen LogP contribution in [0.5, 0.6) is 0 Å². The van der Waals surface area contributed by atoms with E-state index in [9.17, 15) is 8.42 Å². The number of halogens is 1. The molecule has 0 heterocycles. The predicted octanol–water partition coefficient (Wildman–Crippen LogP) is 1.24. The Kier molecular flexibility index (Phi) is 9.79. The van der Waals surface area contributed by atoms with Crippen LogP contribution in [0.2, 0.25) is 0 Å². The fourth-order valence-electron chi connectivity index (χ4n) is 1.69. The average Bonchev–Trinajstić information content (AvgIpc) is 2.42. The zero-order valence-corrected chi connectivity index (χ0v) is 13.3. The number of hydrogen-bond acceptors (Lipinski definition) is 4. The van der Waals surface area contributed by atoms with Gasteiger partial charge in [-0.3, -0.25) is 0 Å². The van der Waals surface area contributed by atoms with E-state index in [1.165, 1.54) is 11.4 Å². The quantitative estimate of drug-likeness (QED) is 0.742. The van der Waals surface area contributed by atoms with Gasteiger partial charge in [0.2, 0.25) is 10.0 Å². The predicted molar refractivity (Wildman–Crippen MR) is 83.4 cm³/mol. The molecular weight excluding hydrogens is 300 g/mol. The number of nitrogens with zero attached hydrogens (tertiary/aromatic N) is 1. The topological polar surface area (TPSA) is 72.6 Å². The van der Waals surface area contributed by atoms with Crippen molar-refractivity contribution in [2.45, 2.75) is 13.0 Å². The normalized spacial score (nSPS) is 11.3. The summed E-state index contributed by atoms with van der Waals surface area (Å²) in [5.74, 6) is 0.000898. The third-order valence-corrected chi connectivity index (χ3v) is 4.53. The largest absolute Gasteiger partial charge is 0.384 e. The molecule has 0 saturated heterocycles. The van der Waals surface area contributed by atoms with Crippen molar-refractivity contribution >= 4 is 22.4 Å². The van der Waals surface area contributed by atoms with Crippen LogP contribution in [0.4, 0.5) is 0 Å². The number of methoxy groups -OCH3 is 1. The smallest absolute Gasteiger partial charge is 0.216 e. The maximum absolute atomic E-state index is 12.2. The van der Waals surface area contributed by atoms with Crippen LogP contribution < -0.4 is 5.73 Å². The van der Waals surface area contributed by atoms with Crippen LogP contribution in [-0.2, 0) is 21.3 Å². The molecule has 116 valence electrons. The van der Waals surface area contributed by atoms with Gasteiger partial charge in [-0.05, 0) is 18.5 Å². The van der Waals surface area contributed by atoms with Crippen LogP contribution >= 0.6 is 12.4 Å². The van der Waals surface area contributed by atoms with Crippen LogP contribution in [0.25, 0.3) is 0 Å². The Hall–Kier alpha value is -0.660. The SMILES string of the molecule is COCCS(=O)(=O)N(CCCN)Cc1ccccc1.Cl. The zero-order valence-electron chi connectivity index (χ0n) is 11.7. The summed E-state index contributed by atoms with van der Waals surface area (Å²) < 4.78 is 30.7. The van der Waals surface area contributed by atoms with E-state index in [1.54, 1.807) is 0 Å². The molecule has 1 rings (SSSR count). The van der Waals surface area contributed by atoms with E-state index in [4.69, 9.17) is 10.5 Å². The second-order valence-electron chi connectivity index (χ2n) is 4.27. The molecule has 0 aliphatic rings.